The van der Waals surface area contributed by atoms with E-state index >= 15 is 0 Å². The van der Waals surface area contributed by atoms with E-state index in [9.17, 15) is 0 Å². The van der Waals surface area contributed by atoms with Gasteiger partial charge in [0.15, 0.2) is 0 Å². The Morgan fingerprint density at radius 3 is 2.56 bits per heavy atom. The van der Waals surface area contributed by atoms with E-state index in [4.69, 9.17) is 0 Å². The molecule has 16 heavy (non-hydrogen) atoms. The van der Waals surface area contributed by atoms with E-state index in [1.807, 2.05) is 11.8 Å². The minimum Gasteiger partial charge on any atom is -0.314 e. The number of hydrogen-bond donors (Lipinski definition) is 1. The molecule has 0 amide bonds. The Balaban J connectivity index is 1.81. The van der Waals surface area contributed by atoms with Crippen LogP contribution in [0.2, 0.25) is 0 Å². The summed E-state index contributed by atoms with van der Waals surface area (Å²) in [6.45, 7) is 5.81. The predicted octanol–water partition coefficient (Wildman–Crippen LogP) is 3.54. The molecule has 2 heteroatoms. The predicted molar refractivity (Wildman–Crippen MR) is 74.0 cm³/mol. The second kappa shape index (κ2) is 5.30. The standard InChI is InChI=1S/C14H27NS/c1-11(2)15-10-14(5-4-6-16-3)8-12-7-13(12)9-14/h11-13,15H,4-10H2,1-3H3. The summed E-state index contributed by atoms with van der Waals surface area (Å²) in [5, 5.41) is 3.69. The van der Waals surface area contributed by atoms with Gasteiger partial charge in [0.1, 0.15) is 0 Å². The highest BCUT2D eigenvalue weighted by atomic mass is 32.2. The number of hydrogen-bond acceptors (Lipinski definition) is 2. The summed E-state index contributed by atoms with van der Waals surface area (Å²) < 4.78 is 0. The van der Waals surface area contributed by atoms with Crippen molar-refractivity contribution in [2.45, 2.75) is 52.0 Å². The molecule has 0 aromatic heterocycles. The zero-order valence-corrected chi connectivity index (χ0v) is 11.9. The van der Waals surface area contributed by atoms with E-state index in [-0.39, 0.29) is 0 Å². The second-order valence-electron chi connectivity index (χ2n) is 6.30. The normalized spacial score (nSPS) is 36.8. The monoisotopic (exact) mass is 241 g/mol. The average molecular weight is 241 g/mol. The van der Waals surface area contributed by atoms with Crippen LogP contribution >= 0.6 is 11.8 Å². The Hall–Kier alpha value is 0.310. The van der Waals surface area contributed by atoms with E-state index in [0.717, 1.165) is 11.8 Å². The molecular formula is C14H27NS. The van der Waals surface area contributed by atoms with Gasteiger partial charge in [0, 0.05) is 12.6 Å². The highest BCUT2D eigenvalue weighted by molar-refractivity contribution is 7.98. The molecule has 0 heterocycles. The van der Waals surface area contributed by atoms with Crippen LogP contribution in [0.15, 0.2) is 0 Å². The number of rotatable bonds is 7. The molecule has 0 aliphatic heterocycles. The smallest absolute Gasteiger partial charge is 0.00106 e. The summed E-state index contributed by atoms with van der Waals surface area (Å²) in [4.78, 5) is 0. The van der Waals surface area contributed by atoms with Crippen molar-refractivity contribution in [3.63, 3.8) is 0 Å². The first-order valence-electron chi connectivity index (χ1n) is 6.87. The van der Waals surface area contributed by atoms with Gasteiger partial charge in [-0.15, -0.1) is 0 Å². The van der Waals surface area contributed by atoms with Gasteiger partial charge in [-0.05, 0) is 61.4 Å². The largest absolute Gasteiger partial charge is 0.314 e. The van der Waals surface area contributed by atoms with E-state index in [0.29, 0.717) is 11.5 Å². The number of thioether (sulfide) groups is 1. The van der Waals surface area contributed by atoms with E-state index in [2.05, 4.69) is 25.4 Å². The highest BCUT2D eigenvalue weighted by Crippen LogP contribution is 2.61. The Kier molecular flexibility index (Phi) is 4.23. The Morgan fingerprint density at radius 2 is 2.00 bits per heavy atom. The van der Waals surface area contributed by atoms with Crippen LogP contribution in [0.5, 0.6) is 0 Å². The van der Waals surface area contributed by atoms with Crippen molar-refractivity contribution >= 4 is 11.8 Å². The maximum atomic E-state index is 3.69. The summed E-state index contributed by atoms with van der Waals surface area (Å²) in [6.07, 6.45) is 9.69. The molecule has 0 saturated heterocycles. The van der Waals surface area contributed by atoms with Crippen LogP contribution in [0.1, 0.15) is 46.0 Å². The van der Waals surface area contributed by atoms with Crippen molar-refractivity contribution in [2.24, 2.45) is 17.3 Å². The van der Waals surface area contributed by atoms with Gasteiger partial charge in [-0.25, -0.2) is 0 Å². The lowest BCUT2D eigenvalue weighted by atomic mass is 9.78. The van der Waals surface area contributed by atoms with Crippen molar-refractivity contribution in [1.29, 1.82) is 0 Å². The summed E-state index contributed by atoms with van der Waals surface area (Å²) in [6, 6.07) is 0.648. The Morgan fingerprint density at radius 1 is 1.31 bits per heavy atom. The van der Waals surface area contributed by atoms with Crippen LogP contribution in [0.3, 0.4) is 0 Å². The lowest BCUT2D eigenvalue weighted by molar-refractivity contribution is 0.222. The van der Waals surface area contributed by atoms with Crippen LogP contribution in [0, 0.1) is 17.3 Å². The minimum atomic E-state index is 0.648. The lowest BCUT2D eigenvalue weighted by Crippen LogP contribution is -2.37. The molecule has 2 saturated carbocycles. The maximum Gasteiger partial charge on any atom is 0.00106 e. The molecule has 94 valence electrons. The summed E-state index contributed by atoms with van der Waals surface area (Å²) in [5.74, 6) is 3.57. The Labute approximate surface area is 105 Å². The minimum absolute atomic E-state index is 0.648. The van der Waals surface area contributed by atoms with Gasteiger partial charge >= 0.3 is 0 Å². The zero-order valence-electron chi connectivity index (χ0n) is 11.1. The molecule has 0 aromatic rings. The molecule has 2 atom stereocenters. The first-order chi connectivity index (χ1) is 7.65. The molecule has 2 aliphatic rings. The van der Waals surface area contributed by atoms with Gasteiger partial charge in [0.25, 0.3) is 0 Å². The SMILES string of the molecule is CSCCCC1(CNC(C)C)CC2CC2C1. The quantitative estimate of drug-likeness (QED) is 0.684. The third-order valence-electron chi connectivity index (χ3n) is 4.40. The first-order valence-corrected chi connectivity index (χ1v) is 8.27. The second-order valence-corrected chi connectivity index (χ2v) is 7.28. The van der Waals surface area contributed by atoms with Gasteiger partial charge in [-0.2, -0.15) is 11.8 Å². The number of nitrogens with one attached hydrogen (secondary N) is 1. The summed E-state index contributed by atoms with van der Waals surface area (Å²) >= 11 is 2.00. The van der Waals surface area contributed by atoms with Crippen molar-refractivity contribution < 1.29 is 0 Å². The topological polar surface area (TPSA) is 12.0 Å². The Bertz CT molecular complexity index is 217. The average Bonchev–Trinajstić information content (AvgIpc) is 2.85. The fourth-order valence-corrected chi connectivity index (χ4v) is 3.89. The van der Waals surface area contributed by atoms with Gasteiger partial charge in [0.05, 0.1) is 0 Å². The van der Waals surface area contributed by atoms with Crippen molar-refractivity contribution in [1.82, 2.24) is 5.32 Å². The summed E-state index contributed by atoms with van der Waals surface area (Å²) in [5.41, 5.74) is 0.674. The van der Waals surface area contributed by atoms with E-state index in [1.165, 1.54) is 38.0 Å². The molecule has 0 radical (unpaired) electrons. The van der Waals surface area contributed by atoms with Gasteiger partial charge in [-0.1, -0.05) is 13.8 Å². The van der Waals surface area contributed by atoms with Crippen LogP contribution in [0.25, 0.3) is 0 Å². The summed E-state index contributed by atoms with van der Waals surface area (Å²) in [7, 11) is 0. The zero-order chi connectivity index (χ0) is 11.6. The van der Waals surface area contributed by atoms with Crippen molar-refractivity contribution in [3.05, 3.63) is 0 Å². The maximum absolute atomic E-state index is 3.69. The van der Waals surface area contributed by atoms with Crippen LogP contribution < -0.4 is 5.32 Å². The molecule has 2 unspecified atom stereocenters. The fourth-order valence-electron chi connectivity index (χ4n) is 3.45. The third kappa shape index (κ3) is 3.16. The molecular weight excluding hydrogens is 214 g/mol. The molecule has 2 aliphatic carbocycles. The van der Waals surface area contributed by atoms with Crippen LogP contribution in [-0.2, 0) is 0 Å². The van der Waals surface area contributed by atoms with Gasteiger partial charge in [-0.3, -0.25) is 0 Å². The lowest BCUT2D eigenvalue weighted by Gasteiger charge is -2.32. The van der Waals surface area contributed by atoms with Crippen LogP contribution in [-0.4, -0.2) is 24.6 Å². The molecule has 0 aromatic carbocycles. The highest BCUT2D eigenvalue weighted by Gasteiger charge is 2.52. The number of fused-ring (bicyclic) bond motifs is 1. The molecule has 0 bridgehead atoms. The van der Waals surface area contributed by atoms with E-state index in [1.54, 1.807) is 6.42 Å². The van der Waals surface area contributed by atoms with Gasteiger partial charge < -0.3 is 5.32 Å². The molecule has 2 fully saturated rings. The molecule has 1 N–H and O–H groups in total. The van der Waals surface area contributed by atoms with Crippen molar-refractivity contribution in [3.8, 4) is 0 Å². The van der Waals surface area contributed by atoms with Gasteiger partial charge in [0.2, 0.25) is 0 Å². The molecule has 1 nitrogen and oxygen atoms in total. The molecule has 0 spiro atoms. The van der Waals surface area contributed by atoms with E-state index < -0.39 is 0 Å². The first kappa shape index (κ1) is 12.8. The fraction of sp³-hybridized carbons (Fsp3) is 1.00. The third-order valence-corrected chi connectivity index (χ3v) is 5.10. The van der Waals surface area contributed by atoms with Crippen molar-refractivity contribution in [2.75, 3.05) is 18.6 Å². The molecule has 2 rings (SSSR count). The van der Waals surface area contributed by atoms with Crippen LogP contribution in [0.4, 0.5) is 0 Å².